The van der Waals surface area contributed by atoms with Crippen LogP contribution in [0.2, 0.25) is 0 Å². The van der Waals surface area contributed by atoms with Gasteiger partial charge >= 0.3 is 0 Å². The topological polar surface area (TPSA) is 135 Å². The van der Waals surface area contributed by atoms with Crippen LogP contribution >= 0.6 is 0 Å². The minimum Gasteiger partial charge on any atom is -0.493 e. The Morgan fingerprint density at radius 1 is 1.02 bits per heavy atom. The first kappa shape index (κ1) is 24.5. The summed E-state index contributed by atoms with van der Waals surface area (Å²) in [4.78, 5) is 32.7. The van der Waals surface area contributed by atoms with Crippen molar-refractivity contribution in [3.63, 3.8) is 0 Å². The maximum Gasteiger partial charge on any atom is 0.287 e. The Hall–Kier alpha value is -5.84. The van der Waals surface area contributed by atoms with E-state index in [1.165, 1.54) is 30.1 Å². The highest BCUT2D eigenvalue weighted by Gasteiger charge is 2.17. The van der Waals surface area contributed by atoms with Gasteiger partial charge in [-0.15, -0.1) is 0 Å². The van der Waals surface area contributed by atoms with Crippen molar-refractivity contribution in [2.75, 3.05) is 7.11 Å². The fraction of sp³-hybridized carbons (Fsp3) is 0.0345. The molecule has 0 aliphatic heterocycles. The maximum absolute atomic E-state index is 13.6. The molecular formula is C29H19N5O6. The van der Waals surface area contributed by atoms with E-state index in [9.17, 15) is 14.9 Å². The molecule has 3 heterocycles. The van der Waals surface area contributed by atoms with E-state index in [2.05, 4.69) is 10.1 Å². The summed E-state index contributed by atoms with van der Waals surface area (Å²) >= 11 is 0. The zero-order valence-corrected chi connectivity index (χ0v) is 20.9. The first-order valence-electron chi connectivity index (χ1n) is 12.0. The minimum atomic E-state index is -0.549. The largest absolute Gasteiger partial charge is 0.493 e. The average Bonchev–Trinajstić information content (AvgIpc) is 3.42. The van der Waals surface area contributed by atoms with Crippen LogP contribution in [-0.2, 0) is 0 Å². The fourth-order valence-electron chi connectivity index (χ4n) is 4.15. The SMILES string of the molecule is COc1cccc(C=Nn2c(-c3cc4ccccc4o3)nc3ccccc3c2=O)c1Oc1ccc([N+](=O)[O-])cn1. The van der Waals surface area contributed by atoms with E-state index in [0.29, 0.717) is 33.6 Å². The first-order chi connectivity index (χ1) is 19.5. The van der Waals surface area contributed by atoms with Gasteiger partial charge in [0.05, 0.1) is 29.2 Å². The second-order valence-corrected chi connectivity index (χ2v) is 8.55. The van der Waals surface area contributed by atoms with E-state index in [-0.39, 0.29) is 28.7 Å². The Morgan fingerprint density at radius 2 is 1.85 bits per heavy atom. The van der Waals surface area contributed by atoms with Gasteiger partial charge in [0.1, 0.15) is 11.8 Å². The lowest BCUT2D eigenvalue weighted by Crippen LogP contribution is -2.20. The molecule has 6 rings (SSSR count). The lowest BCUT2D eigenvalue weighted by atomic mass is 10.2. The number of para-hydroxylation sites is 3. The predicted octanol–water partition coefficient (Wildman–Crippen LogP) is 5.80. The molecule has 0 aliphatic carbocycles. The molecule has 3 aromatic heterocycles. The van der Waals surface area contributed by atoms with Gasteiger partial charge in [0, 0.05) is 23.1 Å². The average molecular weight is 534 g/mol. The van der Waals surface area contributed by atoms with Gasteiger partial charge in [0.2, 0.25) is 11.7 Å². The van der Waals surface area contributed by atoms with Crippen molar-refractivity contribution in [3.8, 4) is 29.0 Å². The van der Waals surface area contributed by atoms with Crippen LogP contribution in [0.1, 0.15) is 5.56 Å². The number of methoxy groups -OCH3 is 1. The Labute approximate surface area is 225 Å². The third kappa shape index (κ3) is 4.52. The summed E-state index contributed by atoms with van der Waals surface area (Å²) in [6.45, 7) is 0. The molecule has 11 heteroatoms. The van der Waals surface area contributed by atoms with Crippen LogP contribution in [0, 0.1) is 10.1 Å². The first-order valence-corrected chi connectivity index (χ1v) is 12.0. The molecule has 3 aromatic carbocycles. The third-order valence-corrected chi connectivity index (χ3v) is 6.08. The quantitative estimate of drug-likeness (QED) is 0.143. The summed E-state index contributed by atoms with van der Waals surface area (Å²) in [7, 11) is 1.48. The highest BCUT2D eigenvalue weighted by Crippen LogP contribution is 2.34. The summed E-state index contributed by atoms with van der Waals surface area (Å²) in [6.07, 6.45) is 2.53. The van der Waals surface area contributed by atoms with Gasteiger partial charge < -0.3 is 13.9 Å². The van der Waals surface area contributed by atoms with Crippen molar-refractivity contribution in [1.82, 2.24) is 14.6 Å². The van der Waals surface area contributed by atoms with Crippen LogP contribution in [-0.4, -0.2) is 32.9 Å². The lowest BCUT2D eigenvalue weighted by Gasteiger charge is -2.12. The molecule has 0 saturated heterocycles. The van der Waals surface area contributed by atoms with E-state index >= 15 is 0 Å². The maximum atomic E-state index is 13.6. The summed E-state index contributed by atoms with van der Waals surface area (Å²) in [6, 6.07) is 24.1. The molecule has 0 spiro atoms. The molecule has 40 heavy (non-hydrogen) atoms. The number of hydrogen-bond donors (Lipinski definition) is 0. The van der Waals surface area contributed by atoms with Crippen molar-refractivity contribution in [3.05, 3.63) is 117 Å². The number of ether oxygens (including phenoxy) is 2. The van der Waals surface area contributed by atoms with Gasteiger partial charge in [-0.1, -0.05) is 36.4 Å². The van der Waals surface area contributed by atoms with Gasteiger partial charge in [0.15, 0.2) is 17.3 Å². The summed E-state index contributed by atoms with van der Waals surface area (Å²) in [5.41, 5.74) is 1.05. The number of hydrogen-bond acceptors (Lipinski definition) is 9. The van der Waals surface area contributed by atoms with E-state index in [1.54, 1.807) is 48.5 Å². The van der Waals surface area contributed by atoms with E-state index in [0.717, 1.165) is 11.6 Å². The third-order valence-electron chi connectivity index (χ3n) is 6.08. The zero-order valence-electron chi connectivity index (χ0n) is 20.9. The molecule has 6 aromatic rings. The monoisotopic (exact) mass is 533 g/mol. The van der Waals surface area contributed by atoms with Crippen LogP contribution in [0.3, 0.4) is 0 Å². The Bertz CT molecular complexity index is 1950. The number of nitrogens with zero attached hydrogens (tertiary/aromatic N) is 5. The van der Waals surface area contributed by atoms with Gasteiger partial charge in [-0.05, 0) is 36.4 Å². The highest BCUT2D eigenvalue weighted by atomic mass is 16.6. The molecule has 0 atom stereocenters. The van der Waals surface area contributed by atoms with Gasteiger partial charge in [-0.2, -0.15) is 9.78 Å². The Morgan fingerprint density at radius 3 is 2.62 bits per heavy atom. The van der Waals surface area contributed by atoms with Crippen LogP contribution in [0.5, 0.6) is 17.4 Å². The van der Waals surface area contributed by atoms with Crippen molar-refractivity contribution in [2.45, 2.75) is 0 Å². The number of furan rings is 1. The number of benzene rings is 3. The second-order valence-electron chi connectivity index (χ2n) is 8.55. The number of fused-ring (bicyclic) bond motifs is 2. The van der Waals surface area contributed by atoms with Crippen molar-refractivity contribution in [1.29, 1.82) is 0 Å². The lowest BCUT2D eigenvalue weighted by molar-refractivity contribution is -0.385. The van der Waals surface area contributed by atoms with Gasteiger partial charge in [0.25, 0.3) is 11.2 Å². The van der Waals surface area contributed by atoms with Crippen molar-refractivity contribution < 1.29 is 18.8 Å². The molecule has 196 valence electrons. The number of pyridine rings is 1. The summed E-state index contributed by atoms with van der Waals surface area (Å²) in [5.74, 6) is 1.32. The number of rotatable bonds is 7. The Balaban J connectivity index is 1.47. The normalized spacial score (nSPS) is 11.3. The standard InChI is InChI=1S/C29H19N5O6/c1-38-24-12-6-8-19(27(24)40-26-14-13-20(17-30-26)34(36)37)16-31-33-28(25-15-18-7-2-5-11-23(18)39-25)32-22-10-4-3-9-21(22)29(33)35/h2-17H,1H3. The van der Waals surface area contributed by atoms with Crippen molar-refractivity contribution in [2.24, 2.45) is 5.10 Å². The molecule has 0 N–H and O–H groups in total. The second kappa shape index (κ2) is 10.1. The number of nitro groups is 1. The molecule has 11 nitrogen and oxygen atoms in total. The molecule has 0 amide bonds. The molecule has 0 unspecified atom stereocenters. The smallest absolute Gasteiger partial charge is 0.287 e. The summed E-state index contributed by atoms with van der Waals surface area (Å²) in [5, 5.41) is 16.7. The zero-order chi connectivity index (χ0) is 27.6. The van der Waals surface area contributed by atoms with Gasteiger partial charge in [-0.3, -0.25) is 14.9 Å². The molecule has 0 aliphatic rings. The van der Waals surface area contributed by atoms with Crippen LogP contribution in [0.4, 0.5) is 5.69 Å². The van der Waals surface area contributed by atoms with E-state index in [1.807, 2.05) is 24.3 Å². The highest BCUT2D eigenvalue weighted by molar-refractivity contribution is 5.87. The van der Waals surface area contributed by atoms with Crippen LogP contribution in [0.15, 0.2) is 105 Å². The van der Waals surface area contributed by atoms with Crippen molar-refractivity contribution >= 4 is 33.8 Å². The molecular weight excluding hydrogens is 514 g/mol. The minimum absolute atomic E-state index is 0.109. The number of aromatic nitrogens is 3. The molecule has 0 bridgehead atoms. The molecule has 0 saturated carbocycles. The molecule has 0 radical (unpaired) electrons. The van der Waals surface area contributed by atoms with E-state index < -0.39 is 4.92 Å². The van der Waals surface area contributed by atoms with E-state index in [4.69, 9.17) is 18.9 Å². The van der Waals surface area contributed by atoms with Crippen LogP contribution < -0.4 is 15.0 Å². The fourth-order valence-corrected chi connectivity index (χ4v) is 4.15. The molecule has 0 fully saturated rings. The Kier molecular flexibility index (Phi) is 6.21. The predicted molar refractivity (Wildman–Crippen MR) is 148 cm³/mol. The van der Waals surface area contributed by atoms with Crippen LogP contribution in [0.25, 0.3) is 33.5 Å². The summed E-state index contributed by atoms with van der Waals surface area (Å²) < 4.78 is 18.6. The van der Waals surface area contributed by atoms with Gasteiger partial charge in [-0.25, -0.2) is 9.97 Å².